The van der Waals surface area contributed by atoms with E-state index in [1.54, 1.807) is 0 Å². The van der Waals surface area contributed by atoms with Gasteiger partial charge >= 0.3 is 0 Å². The van der Waals surface area contributed by atoms with E-state index >= 15 is 0 Å². The molecule has 0 radical (unpaired) electrons. The van der Waals surface area contributed by atoms with Gasteiger partial charge in [0, 0.05) is 26.1 Å². The Bertz CT molecular complexity index is 538. The molecule has 0 atom stereocenters. The van der Waals surface area contributed by atoms with Gasteiger partial charge in [-0.2, -0.15) is 0 Å². The summed E-state index contributed by atoms with van der Waals surface area (Å²) >= 11 is 0. The van der Waals surface area contributed by atoms with Crippen LogP contribution in [0.4, 0.5) is 0 Å². The van der Waals surface area contributed by atoms with E-state index in [0.717, 1.165) is 24.5 Å². The van der Waals surface area contributed by atoms with Crippen LogP contribution < -0.4 is 5.32 Å². The largest absolute Gasteiger partial charge is 0.331 e. The molecule has 0 spiro atoms. The van der Waals surface area contributed by atoms with E-state index in [1.165, 1.54) is 29.7 Å². The molecule has 0 unspecified atom stereocenters. The van der Waals surface area contributed by atoms with Crippen molar-refractivity contribution in [2.45, 2.75) is 32.2 Å². The molecule has 0 aliphatic heterocycles. The topological polar surface area (TPSA) is 29.9 Å². The number of rotatable bonds is 4. The molecule has 0 amide bonds. The Labute approximate surface area is 102 Å². The fraction of sp³-hybridized carbons (Fsp3) is 0.500. The van der Waals surface area contributed by atoms with Gasteiger partial charge in [-0.25, -0.2) is 4.98 Å². The minimum absolute atomic E-state index is 0.784. The van der Waals surface area contributed by atoms with Gasteiger partial charge < -0.3 is 9.88 Å². The lowest BCUT2D eigenvalue weighted by atomic mass is 10.2. The Kier molecular flexibility index (Phi) is 2.63. The molecular formula is C14H19N3. The summed E-state index contributed by atoms with van der Waals surface area (Å²) in [4.78, 5) is 4.71. The van der Waals surface area contributed by atoms with E-state index < -0.39 is 0 Å². The molecule has 2 aromatic rings. The van der Waals surface area contributed by atoms with Crippen molar-refractivity contribution in [2.24, 2.45) is 7.05 Å². The molecule has 1 fully saturated rings. The second-order valence-corrected chi connectivity index (χ2v) is 5.06. The molecule has 17 heavy (non-hydrogen) atoms. The summed E-state index contributed by atoms with van der Waals surface area (Å²) in [5, 5.41) is 3.53. The number of imidazole rings is 1. The predicted molar refractivity (Wildman–Crippen MR) is 70.2 cm³/mol. The molecule has 1 aromatic heterocycles. The van der Waals surface area contributed by atoms with Gasteiger partial charge in [0.05, 0.1) is 11.0 Å². The van der Waals surface area contributed by atoms with Crippen molar-refractivity contribution in [2.75, 3.05) is 6.54 Å². The first-order valence-electron chi connectivity index (χ1n) is 6.39. The van der Waals surface area contributed by atoms with Gasteiger partial charge in [0.15, 0.2) is 0 Å². The van der Waals surface area contributed by atoms with Crippen molar-refractivity contribution in [3.05, 3.63) is 29.6 Å². The van der Waals surface area contributed by atoms with Crippen LogP contribution in [-0.4, -0.2) is 22.1 Å². The average molecular weight is 229 g/mol. The van der Waals surface area contributed by atoms with Gasteiger partial charge in [-0.05, 0) is 37.5 Å². The number of aromatic nitrogens is 2. The molecule has 3 heteroatoms. The number of aryl methyl sites for hydroxylation is 2. The molecule has 0 bridgehead atoms. The lowest BCUT2D eigenvalue weighted by Crippen LogP contribution is -2.20. The summed E-state index contributed by atoms with van der Waals surface area (Å²) < 4.78 is 2.21. The molecule has 1 aliphatic carbocycles. The number of nitrogens with zero attached hydrogens (tertiary/aromatic N) is 2. The summed E-state index contributed by atoms with van der Waals surface area (Å²) in [5.74, 6) is 1.18. The first-order chi connectivity index (χ1) is 8.24. The summed E-state index contributed by atoms with van der Waals surface area (Å²) in [5.41, 5.74) is 3.63. The number of nitrogens with one attached hydrogen (secondary N) is 1. The van der Waals surface area contributed by atoms with Crippen LogP contribution in [0.2, 0.25) is 0 Å². The smallest absolute Gasteiger partial charge is 0.110 e. The SMILES string of the molecule is Cc1ccc2c(c1)nc(CCNC1CC1)n2C. The molecule has 3 rings (SSSR count). The lowest BCUT2D eigenvalue weighted by molar-refractivity contribution is 0.654. The van der Waals surface area contributed by atoms with Crippen molar-refractivity contribution in [3.63, 3.8) is 0 Å². The number of hydrogen-bond acceptors (Lipinski definition) is 2. The number of fused-ring (bicyclic) bond motifs is 1. The summed E-state index contributed by atoms with van der Waals surface area (Å²) in [6, 6.07) is 7.26. The summed E-state index contributed by atoms with van der Waals surface area (Å²) in [6.07, 6.45) is 3.71. The summed E-state index contributed by atoms with van der Waals surface area (Å²) in [7, 11) is 2.11. The zero-order valence-electron chi connectivity index (χ0n) is 10.5. The average Bonchev–Trinajstić information content (AvgIpc) is 3.06. The zero-order valence-corrected chi connectivity index (χ0v) is 10.5. The third-order valence-electron chi connectivity index (χ3n) is 3.49. The van der Waals surface area contributed by atoms with Crippen molar-refractivity contribution < 1.29 is 0 Å². The molecular weight excluding hydrogens is 210 g/mol. The van der Waals surface area contributed by atoms with E-state index in [4.69, 9.17) is 4.98 Å². The Morgan fingerprint density at radius 1 is 1.41 bits per heavy atom. The molecule has 0 saturated heterocycles. The van der Waals surface area contributed by atoms with Crippen LogP contribution >= 0.6 is 0 Å². The molecule has 1 aromatic carbocycles. The van der Waals surface area contributed by atoms with E-state index in [1.807, 2.05) is 0 Å². The molecule has 3 nitrogen and oxygen atoms in total. The monoisotopic (exact) mass is 229 g/mol. The molecule has 1 N–H and O–H groups in total. The highest BCUT2D eigenvalue weighted by molar-refractivity contribution is 5.76. The zero-order chi connectivity index (χ0) is 11.8. The Morgan fingerprint density at radius 2 is 2.24 bits per heavy atom. The quantitative estimate of drug-likeness (QED) is 0.871. The van der Waals surface area contributed by atoms with Gasteiger partial charge in [0.1, 0.15) is 5.82 Å². The van der Waals surface area contributed by atoms with Crippen molar-refractivity contribution in [1.82, 2.24) is 14.9 Å². The first kappa shape index (κ1) is 10.8. The maximum absolute atomic E-state index is 4.71. The third kappa shape index (κ3) is 2.20. The molecule has 1 saturated carbocycles. The molecule has 1 heterocycles. The lowest BCUT2D eigenvalue weighted by Gasteiger charge is -2.03. The van der Waals surface area contributed by atoms with Gasteiger partial charge in [-0.15, -0.1) is 0 Å². The Morgan fingerprint density at radius 3 is 3.00 bits per heavy atom. The van der Waals surface area contributed by atoms with Crippen LogP contribution in [0.5, 0.6) is 0 Å². The van der Waals surface area contributed by atoms with Gasteiger partial charge in [-0.3, -0.25) is 0 Å². The first-order valence-corrected chi connectivity index (χ1v) is 6.39. The molecule has 1 aliphatic rings. The standard InChI is InChI=1S/C14H19N3/c1-10-3-6-13-12(9-10)16-14(17(13)2)7-8-15-11-4-5-11/h3,6,9,11,15H,4-5,7-8H2,1-2H3. The van der Waals surface area contributed by atoms with E-state index in [9.17, 15) is 0 Å². The predicted octanol–water partition coefficient (Wildman–Crippen LogP) is 2.18. The van der Waals surface area contributed by atoms with E-state index in [-0.39, 0.29) is 0 Å². The van der Waals surface area contributed by atoms with Crippen LogP contribution in [0, 0.1) is 6.92 Å². The number of benzene rings is 1. The van der Waals surface area contributed by atoms with Crippen LogP contribution in [0.1, 0.15) is 24.2 Å². The minimum atomic E-state index is 0.784. The Balaban J connectivity index is 1.80. The van der Waals surface area contributed by atoms with Crippen LogP contribution in [0.15, 0.2) is 18.2 Å². The molecule has 90 valence electrons. The third-order valence-corrected chi connectivity index (χ3v) is 3.49. The van der Waals surface area contributed by atoms with Crippen LogP contribution in [0.3, 0.4) is 0 Å². The Hall–Kier alpha value is -1.35. The second-order valence-electron chi connectivity index (χ2n) is 5.06. The van der Waals surface area contributed by atoms with E-state index in [0.29, 0.717) is 0 Å². The fourth-order valence-electron chi connectivity index (χ4n) is 2.26. The second kappa shape index (κ2) is 4.15. The van der Waals surface area contributed by atoms with Crippen molar-refractivity contribution in [3.8, 4) is 0 Å². The fourth-order valence-corrected chi connectivity index (χ4v) is 2.26. The maximum Gasteiger partial charge on any atom is 0.110 e. The highest BCUT2D eigenvalue weighted by Crippen LogP contribution is 2.19. The van der Waals surface area contributed by atoms with E-state index in [2.05, 4.69) is 42.1 Å². The summed E-state index contributed by atoms with van der Waals surface area (Å²) in [6.45, 7) is 3.16. The van der Waals surface area contributed by atoms with Crippen molar-refractivity contribution >= 4 is 11.0 Å². The van der Waals surface area contributed by atoms with Crippen LogP contribution in [-0.2, 0) is 13.5 Å². The number of hydrogen-bond donors (Lipinski definition) is 1. The van der Waals surface area contributed by atoms with Gasteiger partial charge in [0.2, 0.25) is 0 Å². The van der Waals surface area contributed by atoms with Gasteiger partial charge in [0.25, 0.3) is 0 Å². The minimum Gasteiger partial charge on any atom is -0.331 e. The normalized spacial score (nSPS) is 15.6. The van der Waals surface area contributed by atoms with Crippen molar-refractivity contribution in [1.29, 1.82) is 0 Å². The highest BCUT2D eigenvalue weighted by Gasteiger charge is 2.20. The maximum atomic E-state index is 4.71. The van der Waals surface area contributed by atoms with Gasteiger partial charge in [-0.1, -0.05) is 6.07 Å². The highest BCUT2D eigenvalue weighted by atomic mass is 15.1. The van der Waals surface area contributed by atoms with Crippen LogP contribution in [0.25, 0.3) is 11.0 Å².